The minimum Gasteiger partial charge on any atom is -0.493 e. The van der Waals surface area contributed by atoms with Gasteiger partial charge in [0.15, 0.2) is 11.5 Å². The lowest BCUT2D eigenvalue weighted by molar-refractivity contribution is -0.718. The second-order valence-electron chi connectivity index (χ2n) is 8.29. The van der Waals surface area contributed by atoms with Gasteiger partial charge in [0.1, 0.15) is 0 Å². The average Bonchev–Trinajstić information content (AvgIpc) is 3.46. The monoisotopic (exact) mass is 499 g/mol. The number of benzene rings is 3. The van der Waals surface area contributed by atoms with E-state index in [1.807, 2.05) is 22.9 Å². The van der Waals surface area contributed by atoms with E-state index in [0.717, 1.165) is 35.9 Å². The lowest BCUT2D eigenvalue weighted by atomic mass is 9.84. The van der Waals surface area contributed by atoms with Crippen LogP contribution in [0.15, 0.2) is 85.2 Å². The molecule has 188 valence electrons. The number of aromatic nitrogens is 3. The molecule has 1 aromatic heterocycles. The number of hydrogen-bond acceptors (Lipinski definition) is 3. The number of halogens is 4. The van der Waals surface area contributed by atoms with Crippen LogP contribution in [-0.2, 0) is 6.42 Å². The molecule has 0 fully saturated rings. The summed E-state index contributed by atoms with van der Waals surface area (Å²) in [7, 11) is -2.65. The summed E-state index contributed by atoms with van der Waals surface area (Å²) in [5.74, 6) is 2.81. The molecule has 1 aliphatic heterocycles. The highest BCUT2D eigenvalue weighted by molar-refractivity contribution is 6.50. The molecule has 5 rings (SSSR count). The maximum Gasteiger partial charge on any atom is 0.673 e. The number of fused-ring (bicyclic) bond motifs is 1. The van der Waals surface area contributed by atoms with Crippen molar-refractivity contribution < 1.29 is 31.3 Å². The van der Waals surface area contributed by atoms with Gasteiger partial charge in [0.05, 0.1) is 20.3 Å². The van der Waals surface area contributed by atoms with E-state index < -0.39 is 7.25 Å². The van der Waals surface area contributed by atoms with Gasteiger partial charge in [0.2, 0.25) is 12.0 Å². The second kappa shape index (κ2) is 10.8. The van der Waals surface area contributed by atoms with Crippen LogP contribution in [0.3, 0.4) is 0 Å². The third kappa shape index (κ3) is 5.70. The molecule has 36 heavy (non-hydrogen) atoms. The predicted octanol–water partition coefficient (Wildman–Crippen LogP) is 5.80. The fourth-order valence-corrected chi connectivity index (χ4v) is 4.71. The third-order valence-corrected chi connectivity index (χ3v) is 6.11. The SMILES string of the molecule is COc1cccc(OC)c1-n1c[n+]2c(n1)CC[C@H]2C(c1ccccc1)c1ccccc1.F[B-](F)(F)F. The third-order valence-electron chi connectivity index (χ3n) is 6.11. The molecule has 0 radical (unpaired) electrons. The van der Waals surface area contributed by atoms with Crippen LogP contribution < -0.4 is 14.0 Å². The lowest BCUT2D eigenvalue weighted by Gasteiger charge is -2.23. The molecule has 0 saturated heterocycles. The molecular weight excluding hydrogens is 473 g/mol. The number of para-hydroxylation sites is 1. The highest BCUT2D eigenvalue weighted by atomic mass is 19.5. The molecule has 0 saturated carbocycles. The van der Waals surface area contributed by atoms with Gasteiger partial charge in [-0.1, -0.05) is 71.4 Å². The summed E-state index contributed by atoms with van der Waals surface area (Å²) in [5, 5.41) is 4.92. The summed E-state index contributed by atoms with van der Waals surface area (Å²) in [6, 6.07) is 27.6. The molecule has 0 bridgehead atoms. The van der Waals surface area contributed by atoms with Crippen LogP contribution in [0.4, 0.5) is 17.3 Å². The molecule has 0 unspecified atom stereocenters. The fourth-order valence-electron chi connectivity index (χ4n) is 4.71. The number of ether oxygens (including phenoxy) is 2. The summed E-state index contributed by atoms with van der Waals surface area (Å²) in [5.41, 5.74) is 3.47. The van der Waals surface area contributed by atoms with E-state index in [9.17, 15) is 17.3 Å². The highest BCUT2D eigenvalue weighted by Crippen LogP contribution is 2.38. The van der Waals surface area contributed by atoms with Gasteiger partial charge in [-0.15, -0.1) is 0 Å². The van der Waals surface area contributed by atoms with Crippen LogP contribution in [0.2, 0.25) is 0 Å². The summed E-state index contributed by atoms with van der Waals surface area (Å²) in [6.45, 7) is 0. The van der Waals surface area contributed by atoms with E-state index in [0.29, 0.717) is 0 Å². The van der Waals surface area contributed by atoms with Crippen LogP contribution in [0, 0.1) is 0 Å². The topological polar surface area (TPSA) is 40.2 Å². The molecule has 0 amide bonds. The number of methoxy groups -OCH3 is 2. The quantitative estimate of drug-likeness (QED) is 0.191. The van der Waals surface area contributed by atoms with Crippen LogP contribution in [0.1, 0.15) is 35.3 Å². The first-order chi connectivity index (χ1) is 17.3. The van der Waals surface area contributed by atoms with Gasteiger partial charge in [0.25, 0.3) is 5.82 Å². The minimum absolute atomic E-state index is 0.255. The van der Waals surface area contributed by atoms with Gasteiger partial charge in [-0.2, -0.15) is 0 Å². The van der Waals surface area contributed by atoms with Crippen LogP contribution in [0.25, 0.3) is 5.69 Å². The summed E-state index contributed by atoms with van der Waals surface area (Å²) < 4.78 is 54.4. The number of nitrogens with zero attached hydrogens (tertiary/aromatic N) is 3. The second-order valence-corrected chi connectivity index (χ2v) is 8.29. The predicted molar refractivity (Wildman–Crippen MR) is 129 cm³/mol. The van der Waals surface area contributed by atoms with E-state index in [-0.39, 0.29) is 12.0 Å². The first-order valence-electron chi connectivity index (χ1n) is 11.5. The van der Waals surface area contributed by atoms with Crippen LogP contribution in [0.5, 0.6) is 11.5 Å². The van der Waals surface area contributed by atoms with E-state index in [1.54, 1.807) is 14.2 Å². The van der Waals surface area contributed by atoms with Crippen molar-refractivity contribution in [2.24, 2.45) is 0 Å². The molecule has 3 aromatic carbocycles. The maximum atomic E-state index is 9.75. The number of rotatable bonds is 6. The zero-order chi connectivity index (χ0) is 25.7. The van der Waals surface area contributed by atoms with Crippen molar-refractivity contribution in [3.05, 3.63) is 102 Å². The molecule has 5 nitrogen and oxygen atoms in total. The van der Waals surface area contributed by atoms with Crippen molar-refractivity contribution in [1.82, 2.24) is 9.78 Å². The Labute approximate surface area is 207 Å². The van der Waals surface area contributed by atoms with Crippen molar-refractivity contribution in [3.8, 4) is 17.2 Å². The Bertz CT molecular complexity index is 1220. The molecule has 10 heteroatoms. The molecular formula is C26H26BF4N3O2. The zero-order valence-corrected chi connectivity index (χ0v) is 19.9. The average molecular weight is 499 g/mol. The summed E-state index contributed by atoms with van der Waals surface area (Å²) in [4.78, 5) is 0. The summed E-state index contributed by atoms with van der Waals surface area (Å²) in [6.07, 6.45) is 4.08. The van der Waals surface area contributed by atoms with Gasteiger partial charge in [-0.05, 0) is 29.7 Å². The Morgan fingerprint density at radius 2 is 1.33 bits per heavy atom. The van der Waals surface area contributed by atoms with E-state index >= 15 is 0 Å². The summed E-state index contributed by atoms with van der Waals surface area (Å²) >= 11 is 0. The lowest BCUT2D eigenvalue weighted by Crippen LogP contribution is -2.40. The smallest absolute Gasteiger partial charge is 0.493 e. The largest absolute Gasteiger partial charge is 0.673 e. The molecule has 0 spiro atoms. The molecule has 1 atom stereocenters. The normalized spacial score (nSPS) is 14.7. The minimum atomic E-state index is -6.00. The van der Waals surface area contributed by atoms with Crippen LogP contribution in [-0.4, -0.2) is 31.3 Å². The molecule has 4 aromatic rings. The Balaban J connectivity index is 0.000000556. The van der Waals surface area contributed by atoms with Crippen LogP contribution >= 0.6 is 0 Å². The van der Waals surface area contributed by atoms with Crippen molar-refractivity contribution >= 4 is 7.25 Å². The first kappa shape index (κ1) is 25.3. The maximum absolute atomic E-state index is 9.75. The van der Waals surface area contributed by atoms with E-state index in [2.05, 4.69) is 71.6 Å². The Kier molecular flexibility index (Phi) is 7.62. The molecule has 0 aliphatic carbocycles. The van der Waals surface area contributed by atoms with Gasteiger partial charge in [-0.3, -0.25) is 0 Å². The first-order valence-corrected chi connectivity index (χ1v) is 11.5. The van der Waals surface area contributed by atoms with Gasteiger partial charge >= 0.3 is 7.25 Å². The number of hydrogen-bond donors (Lipinski definition) is 0. The highest BCUT2D eigenvalue weighted by Gasteiger charge is 2.39. The molecule has 0 N–H and O–H groups in total. The van der Waals surface area contributed by atoms with E-state index in [1.165, 1.54) is 11.1 Å². The van der Waals surface area contributed by atoms with E-state index in [4.69, 9.17) is 14.6 Å². The van der Waals surface area contributed by atoms with Gasteiger partial charge in [0, 0.05) is 17.4 Å². The Morgan fingerprint density at radius 1 is 0.833 bits per heavy atom. The number of aryl methyl sites for hydroxylation is 1. The standard InChI is InChI=1S/C26H26N3O2.BF4/c1-30-22-14-9-15-23(31-2)26(22)29-18-28-21(16-17-24(28)27-29)25(19-10-5-3-6-11-19)20-12-7-4-8-13-20;2-1(3,4)5/h3-15,18,21,25H,16-17H2,1-2H3;/q+1;-1/t21-;/m0./s1. The van der Waals surface area contributed by atoms with Gasteiger partial charge in [-0.25, -0.2) is 4.57 Å². The zero-order valence-electron chi connectivity index (χ0n) is 19.9. The van der Waals surface area contributed by atoms with Crippen molar-refractivity contribution in [3.63, 3.8) is 0 Å². The fraction of sp³-hybridized carbons (Fsp3) is 0.231. The Hall–Kier alpha value is -3.82. The Morgan fingerprint density at radius 3 is 1.81 bits per heavy atom. The molecule has 2 heterocycles. The van der Waals surface area contributed by atoms with Crippen molar-refractivity contribution in [2.45, 2.75) is 24.8 Å². The van der Waals surface area contributed by atoms with Crippen molar-refractivity contribution in [2.75, 3.05) is 14.2 Å². The van der Waals surface area contributed by atoms with Crippen molar-refractivity contribution in [1.29, 1.82) is 0 Å². The molecule has 1 aliphatic rings. The van der Waals surface area contributed by atoms with Gasteiger partial charge < -0.3 is 26.7 Å².